The van der Waals surface area contributed by atoms with Crippen molar-refractivity contribution >= 4 is 0 Å². The van der Waals surface area contributed by atoms with Crippen molar-refractivity contribution in [1.82, 2.24) is 0 Å². The molecule has 0 amide bonds. The molecular weight excluding hydrogens is 128 g/mol. The van der Waals surface area contributed by atoms with E-state index in [1.54, 1.807) is 0 Å². The summed E-state index contributed by atoms with van der Waals surface area (Å²) in [4.78, 5) is 0. The van der Waals surface area contributed by atoms with Gasteiger partial charge in [0.1, 0.15) is 0 Å². The maximum Gasteiger partial charge on any atom is 0.155 e. The number of rotatable bonds is 0. The summed E-state index contributed by atoms with van der Waals surface area (Å²) in [6.45, 7) is 6.40. The second-order valence-corrected chi connectivity index (χ2v) is 4.02. The van der Waals surface area contributed by atoms with Crippen molar-refractivity contribution in [2.75, 3.05) is 0 Å². The van der Waals surface area contributed by atoms with Gasteiger partial charge in [0, 0.05) is 6.42 Å². The van der Waals surface area contributed by atoms with Crippen LogP contribution in [0, 0.1) is 5.41 Å². The van der Waals surface area contributed by atoms with Gasteiger partial charge in [0.25, 0.3) is 0 Å². The van der Waals surface area contributed by atoms with E-state index in [1.165, 1.54) is 0 Å². The highest BCUT2D eigenvalue weighted by Gasteiger charge is 2.32. The average molecular weight is 144 g/mol. The minimum atomic E-state index is -0.510. The summed E-state index contributed by atoms with van der Waals surface area (Å²) in [5.74, 6) is 0. The van der Waals surface area contributed by atoms with E-state index in [4.69, 9.17) is 9.84 Å². The van der Waals surface area contributed by atoms with Crippen molar-refractivity contribution < 1.29 is 9.84 Å². The zero-order chi connectivity index (χ0) is 7.78. The Balaban J connectivity index is 2.45. The first kappa shape index (κ1) is 8.02. The molecular formula is C8H16O2. The van der Waals surface area contributed by atoms with Crippen LogP contribution in [-0.2, 0) is 4.74 Å². The Morgan fingerprint density at radius 1 is 1.30 bits per heavy atom. The maximum absolute atomic E-state index is 9.04. The number of hydrogen-bond acceptors (Lipinski definition) is 2. The third kappa shape index (κ3) is 1.70. The molecule has 0 aromatic rings. The molecule has 1 fully saturated rings. The first-order valence-corrected chi connectivity index (χ1v) is 3.83. The van der Waals surface area contributed by atoms with Crippen molar-refractivity contribution in [1.29, 1.82) is 0 Å². The van der Waals surface area contributed by atoms with Gasteiger partial charge in [-0.25, -0.2) is 0 Å². The molecule has 1 rings (SSSR count). The molecule has 0 aromatic carbocycles. The molecule has 60 valence electrons. The van der Waals surface area contributed by atoms with Crippen molar-refractivity contribution in [3.63, 3.8) is 0 Å². The Labute approximate surface area is 62.2 Å². The molecule has 1 aliphatic heterocycles. The van der Waals surface area contributed by atoms with E-state index < -0.39 is 6.29 Å². The molecule has 1 saturated heterocycles. The van der Waals surface area contributed by atoms with E-state index in [1.807, 2.05) is 0 Å². The highest BCUT2D eigenvalue weighted by Crippen LogP contribution is 2.32. The standard InChI is InChI=1S/C8H16O2/c1-8(2,3)6-4-5-7(9)10-6/h6-7,9H,4-5H2,1-3H3. The van der Waals surface area contributed by atoms with Gasteiger partial charge in [0.15, 0.2) is 6.29 Å². The Bertz CT molecular complexity index is 115. The first-order valence-electron chi connectivity index (χ1n) is 3.83. The monoisotopic (exact) mass is 144 g/mol. The van der Waals surface area contributed by atoms with E-state index in [0.29, 0.717) is 0 Å². The molecule has 10 heavy (non-hydrogen) atoms. The molecule has 0 aromatic heterocycles. The minimum Gasteiger partial charge on any atom is -0.368 e. The molecule has 0 radical (unpaired) electrons. The van der Waals surface area contributed by atoms with Gasteiger partial charge in [-0.2, -0.15) is 0 Å². The topological polar surface area (TPSA) is 29.5 Å². The molecule has 2 heteroatoms. The number of aliphatic hydroxyl groups is 1. The first-order chi connectivity index (χ1) is 4.50. The van der Waals surface area contributed by atoms with Crippen molar-refractivity contribution in [2.45, 2.75) is 46.0 Å². The van der Waals surface area contributed by atoms with Gasteiger partial charge in [0.05, 0.1) is 6.10 Å². The third-order valence-electron chi connectivity index (χ3n) is 1.96. The predicted molar refractivity (Wildman–Crippen MR) is 39.6 cm³/mol. The van der Waals surface area contributed by atoms with Crippen LogP contribution < -0.4 is 0 Å². The van der Waals surface area contributed by atoms with E-state index in [0.717, 1.165) is 12.8 Å². The van der Waals surface area contributed by atoms with Gasteiger partial charge >= 0.3 is 0 Å². The Kier molecular flexibility index (Phi) is 2.02. The fraction of sp³-hybridized carbons (Fsp3) is 1.00. The summed E-state index contributed by atoms with van der Waals surface area (Å²) < 4.78 is 5.28. The van der Waals surface area contributed by atoms with Crippen LogP contribution in [0.15, 0.2) is 0 Å². The number of aliphatic hydroxyl groups excluding tert-OH is 1. The van der Waals surface area contributed by atoms with Crippen molar-refractivity contribution in [3.8, 4) is 0 Å². The fourth-order valence-corrected chi connectivity index (χ4v) is 1.26. The molecule has 0 bridgehead atoms. The largest absolute Gasteiger partial charge is 0.368 e. The smallest absolute Gasteiger partial charge is 0.155 e. The molecule has 1 N–H and O–H groups in total. The highest BCUT2D eigenvalue weighted by atomic mass is 16.6. The summed E-state index contributed by atoms with van der Waals surface area (Å²) in [7, 11) is 0. The van der Waals surface area contributed by atoms with Gasteiger partial charge in [-0.05, 0) is 11.8 Å². The summed E-state index contributed by atoms with van der Waals surface area (Å²) in [6, 6.07) is 0. The van der Waals surface area contributed by atoms with Crippen LogP contribution in [0.3, 0.4) is 0 Å². The number of hydrogen-bond donors (Lipinski definition) is 1. The lowest BCUT2D eigenvalue weighted by Gasteiger charge is -2.25. The van der Waals surface area contributed by atoms with E-state index >= 15 is 0 Å². The summed E-state index contributed by atoms with van der Waals surface area (Å²) in [5.41, 5.74) is 0.178. The van der Waals surface area contributed by atoms with Crippen LogP contribution in [0.2, 0.25) is 0 Å². The molecule has 2 unspecified atom stereocenters. The number of ether oxygens (including phenoxy) is 1. The molecule has 1 aliphatic rings. The lowest BCUT2D eigenvalue weighted by molar-refractivity contribution is -0.117. The predicted octanol–water partition coefficient (Wildman–Crippen LogP) is 1.53. The van der Waals surface area contributed by atoms with Crippen LogP contribution >= 0.6 is 0 Å². The Hall–Kier alpha value is -0.0800. The van der Waals surface area contributed by atoms with Crippen LogP contribution in [0.1, 0.15) is 33.6 Å². The average Bonchev–Trinajstić information content (AvgIpc) is 2.11. The molecule has 2 atom stereocenters. The van der Waals surface area contributed by atoms with Crippen molar-refractivity contribution in [2.24, 2.45) is 5.41 Å². The molecule has 0 aliphatic carbocycles. The van der Waals surface area contributed by atoms with Crippen LogP contribution in [-0.4, -0.2) is 17.5 Å². The fourth-order valence-electron chi connectivity index (χ4n) is 1.26. The summed E-state index contributed by atoms with van der Waals surface area (Å²) in [5, 5.41) is 9.04. The quantitative estimate of drug-likeness (QED) is 0.558. The van der Waals surface area contributed by atoms with E-state index in [9.17, 15) is 0 Å². The lowest BCUT2D eigenvalue weighted by Crippen LogP contribution is -2.26. The SMILES string of the molecule is CC(C)(C)C1CCC(O)O1. The van der Waals surface area contributed by atoms with E-state index in [-0.39, 0.29) is 11.5 Å². The minimum absolute atomic E-state index is 0.178. The zero-order valence-electron chi connectivity index (χ0n) is 6.92. The van der Waals surface area contributed by atoms with Crippen LogP contribution in [0.4, 0.5) is 0 Å². The molecule has 0 saturated carbocycles. The van der Waals surface area contributed by atoms with Gasteiger partial charge in [-0.3, -0.25) is 0 Å². The highest BCUT2D eigenvalue weighted by molar-refractivity contribution is 4.79. The van der Waals surface area contributed by atoms with Gasteiger partial charge < -0.3 is 9.84 Å². The van der Waals surface area contributed by atoms with Crippen molar-refractivity contribution in [3.05, 3.63) is 0 Å². The van der Waals surface area contributed by atoms with E-state index in [2.05, 4.69) is 20.8 Å². The second-order valence-electron chi connectivity index (χ2n) is 4.02. The van der Waals surface area contributed by atoms with Crippen LogP contribution in [0.25, 0.3) is 0 Å². The second kappa shape index (κ2) is 2.51. The van der Waals surface area contributed by atoms with Gasteiger partial charge in [-0.15, -0.1) is 0 Å². The third-order valence-corrected chi connectivity index (χ3v) is 1.96. The normalized spacial score (nSPS) is 34.8. The van der Waals surface area contributed by atoms with Gasteiger partial charge in [0.2, 0.25) is 0 Å². The maximum atomic E-state index is 9.04. The van der Waals surface area contributed by atoms with Gasteiger partial charge in [-0.1, -0.05) is 20.8 Å². The lowest BCUT2D eigenvalue weighted by atomic mass is 9.88. The molecule has 2 nitrogen and oxygen atoms in total. The summed E-state index contributed by atoms with van der Waals surface area (Å²) >= 11 is 0. The molecule has 0 spiro atoms. The zero-order valence-corrected chi connectivity index (χ0v) is 6.92. The van der Waals surface area contributed by atoms with Crippen LogP contribution in [0.5, 0.6) is 0 Å². The Morgan fingerprint density at radius 3 is 2.10 bits per heavy atom. The Morgan fingerprint density at radius 2 is 1.90 bits per heavy atom. The molecule has 1 heterocycles. The summed E-state index contributed by atoms with van der Waals surface area (Å²) in [6.07, 6.45) is 1.51.